The molecule has 0 aliphatic heterocycles. The number of benzene rings is 2. The third-order valence-electron chi connectivity index (χ3n) is 3.91. The van der Waals surface area contributed by atoms with Crippen molar-refractivity contribution < 1.29 is 4.74 Å². The number of nitrogens with one attached hydrogen (secondary N) is 2. The van der Waals surface area contributed by atoms with E-state index in [2.05, 4.69) is 58.7 Å². The number of hydrogen-bond donors (Lipinski definition) is 2. The summed E-state index contributed by atoms with van der Waals surface area (Å²) in [5.41, 5.74) is 5.49. The van der Waals surface area contributed by atoms with Gasteiger partial charge in [-0.3, -0.25) is 0 Å². The number of hydrogen-bond acceptors (Lipinski definition) is 6. The molecule has 26 heavy (non-hydrogen) atoms. The second kappa shape index (κ2) is 7.82. The number of aryl methyl sites for hydroxylation is 3. The molecular formula is C20H23N5O. The molecule has 0 radical (unpaired) electrons. The Kier molecular flexibility index (Phi) is 5.31. The molecule has 6 nitrogen and oxygen atoms in total. The van der Waals surface area contributed by atoms with Crippen molar-refractivity contribution in [1.29, 1.82) is 0 Å². The molecule has 0 aliphatic carbocycles. The van der Waals surface area contributed by atoms with Crippen molar-refractivity contribution in [2.45, 2.75) is 27.7 Å². The highest BCUT2D eigenvalue weighted by Gasteiger charge is 2.07. The molecule has 0 fully saturated rings. The van der Waals surface area contributed by atoms with Crippen LogP contribution in [0, 0.1) is 20.8 Å². The molecule has 1 heterocycles. The average Bonchev–Trinajstić information content (AvgIpc) is 2.60. The lowest BCUT2D eigenvalue weighted by molar-refractivity contribution is 0.340. The Labute approximate surface area is 153 Å². The number of anilines is 4. The monoisotopic (exact) mass is 349 g/mol. The molecule has 134 valence electrons. The molecule has 0 spiro atoms. The highest BCUT2D eigenvalue weighted by atomic mass is 16.5. The number of nitrogens with zero attached hydrogens (tertiary/aromatic N) is 3. The van der Waals surface area contributed by atoms with Crippen LogP contribution >= 0.6 is 0 Å². The molecule has 2 aromatic carbocycles. The van der Waals surface area contributed by atoms with E-state index in [1.165, 1.54) is 16.7 Å². The third-order valence-corrected chi connectivity index (χ3v) is 3.91. The Hall–Kier alpha value is -3.15. The van der Waals surface area contributed by atoms with E-state index in [4.69, 9.17) is 4.74 Å². The maximum atomic E-state index is 5.45. The first-order valence-corrected chi connectivity index (χ1v) is 8.59. The van der Waals surface area contributed by atoms with E-state index in [1.807, 2.05) is 31.2 Å². The summed E-state index contributed by atoms with van der Waals surface area (Å²) in [6.45, 7) is 8.86. The van der Waals surface area contributed by atoms with E-state index in [1.54, 1.807) is 6.20 Å². The van der Waals surface area contributed by atoms with Gasteiger partial charge in [0, 0.05) is 11.4 Å². The van der Waals surface area contributed by atoms with E-state index in [-0.39, 0.29) is 0 Å². The maximum absolute atomic E-state index is 5.45. The van der Waals surface area contributed by atoms with Crippen LogP contribution in [-0.4, -0.2) is 21.8 Å². The summed E-state index contributed by atoms with van der Waals surface area (Å²) in [4.78, 5) is 4.50. The SMILES string of the molecule is CCOc1ccc(Nc2nncc(Nc3c(C)cc(C)cc3C)n2)cc1. The van der Waals surface area contributed by atoms with Crippen LogP contribution in [0.15, 0.2) is 42.6 Å². The predicted octanol–water partition coefficient (Wildman–Crippen LogP) is 4.68. The second-order valence-electron chi connectivity index (χ2n) is 6.15. The highest BCUT2D eigenvalue weighted by Crippen LogP contribution is 2.25. The molecule has 0 atom stereocenters. The third kappa shape index (κ3) is 4.27. The van der Waals surface area contributed by atoms with Gasteiger partial charge in [-0.15, -0.1) is 5.10 Å². The predicted molar refractivity (Wildman–Crippen MR) is 105 cm³/mol. The van der Waals surface area contributed by atoms with Crippen molar-refractivity contribution in [2.24, 2.45) is 0 Å². The van der Waals surface area contributed by atoms with Crippen molar-refractivity contribution >= 4 is 23.1 Å². The van der Waals surface area contributed by atoms with Gasteiger partial charge >= 0.3 is 0 Å². The summed E-state index contributed by atoms with van der Waals surface area (Å²) in [7, 11) is 0. The fourth-order valence-corrected chi connectivity index (χ4v) is 2.85. The van der Waals surface area contributed by atoms with Crippen LogP contribution in [0.2, 0.25) is 0 Å². The molecule has 3 rings (SSSR count). The lowest BCUT2D eigenvalue weighted by atomic mass is 10.1. The van der Waals surface area contributed by atoms with E-state index in [0.717, 1.165) is 17.1 Å². The van der Waals surface area contributed by atoms with Gasteiger partial charge in [0.25, 0.3) is 0 Å². The average molecular weight is 349 g/mol. The second-order valence-corrected chi connectivity index (χ2v) is 6.15. The zero-order chi connectivity index (χ0) is 18.5. The van der Waals surface area contributed by atoms with E-state index >= 15 is 0 Å². The zero-order valence-corrected chi connectivity index (χ0v) is 15.5. The molecule has 0 saturated carbocycles. The fraction of sp³-hybridized carbons (Fsp3) is 0.250. The Morgan fingerprint density at radius 2 is 1.65 bits per heavy atom. The summed E-state index contributed by atoms with van der Waals surface area (Å²) >= 11 is 0. The smallest absolute Gasteiger partial charge is 0.249 e. The van der Waals surface area contributed by atoms with Crippen molar-refractivity contribution in [3.05, 3.63) is 59.3 Å². The van der Waals surface area contributed by atoms with E-state index in [0.29, 0.717) is 18.4 Å². The van der Waals surface area contributed by atoms with Gasteiger partial charge < -0.3 is 15.4 Å². The van der Waals surface area contributed by atoms with Crippen LogP contribution in [0.5, 0.6) is 5.75 Å². The zero-order valence-electron chi connectivity index (χ0n) is 15.5. The van der Waals surface area contributed by atoms with Crippen LogP contribution in [0.3, 0.4) is 0 Å². The van der Waals surface area contributed by atoms with Gasteiger partial charge in [0.2, 0.25) is 5.95 Å². The van der Waals surface area contributed by atoms with Crippen LogP contribution in [0.4, 0.5) is 23.1 Å². The lowest BCUT2D eigenvalue weighted by Crippen LogP contribution is -2.04. The summed E-state index contributed by atoms with van der Waals surface area (Å²) in [5.74, 6) is 1.91. The molecule has 0 amide bonds. The molecular weight excluding hydrogens is 326 g/mol. The first kappa shape index (κ1) is 17.7. The van der Waals surface area contributed by atoms with Crippen LogP contribution < -0.4 is 15.4 Å². The Morgan fingerprint density at radius 1 is 0.962 bits per heavy atom. The molecule has 0 bridgehead atoms. The van der Waals surface area contributed by atoms with Crippen molar-refractivity contribution in [3.63, 3.8) is 0 Å². The molecule has 6 heteroatoms. The van der Waals surface area contributed by atoms with Crippen molar-refractivity contribution in [1.82, 2.24) is 15.2 Å². The van der Waals surface area contributed by atoms with E-state index < -0.39 is 0 Å². The largest absolute Gasteiger partial charge is 0.494 e. The maximum Gasteiger partial charge on any atom is 0.249 e. The fourth-order valence-electron chi connectivity index (χ4n) is 2.85. The lowest BCUT2D eigenvalue weighted by Gasteiger charge is -2.13. The molecule has 2 N–H and O–H groups in total. The summed E-state index contributed by atoms with van der Waals surface area (Å²) in [6, 6.07) is 11.9. The van der Waals surface area contributed by atoms with Gasteiger partial charge in [0.05, 0.1) is 12.8 Å². The first-order valence-electron chi connectivity index (χ1n) is 8.59. The van der Waals surface area contributed by atoms with Crippen molar-refractivity contribution in [3.8, 4) is 5.75 Å². The Balaban J connectivity index is 1.76. The van der Waals surface area contributed by atoms with Crippen LogP contribution in [0.25, 0.3) is 0 Å². The standard InChI is InChI=1S/C20H23N5O/c1-5-26-17-8-6-16(7-9-17)22-20-24-18(12-21-25-20)23-19-14(3)10-13(2)11-15(19)4/h6-12H,5H2,1-4H3,(H2,22,23,24,25). The van der Waals surface area contributed by atoms with Crippen LogP contribution in [0.1, 0.15) is 23.6 Å². The highest BCUT2D eigenvalue weighted by molar-refractivity contribution is 5.65. The molecule has 0 saturated heterocycles. The molecule has 0 unspecified atom stereocenters. The number of ether oxygens (including phenoxy) is 1. The summed E-state index contributed by atoms with van der Waals surface area (Å²) in [5, 5.41) is 14.6. The quantitative estimate of drug-likeness (QED) is 0.673. The van der Waals surface area contributed by atoms with Crippen LogP contribution in [-0.2, 0) is 0 Å². The van der Waals surface area contributed by atoms with Gasteiger partial charge in [0.1, 0.15) is 5.75 Å². The van der Waals surface area contributed by atoms with Gasteiger partial charge in [-0.1, -0.05) is 17.7 Å². The summed E-state index contributed by atoms with van der Waals surface area (Å²) < 4.78 is 5.45. The number of aromatic nitrogens is 3. The van der Waals surface area contributed by atoms with Crippen molar-refractivity contribution in [2.75, 3.05) is 17.2 Å². The van der Waals surface area contributed by atoms with E-state index in [9.17, 15) is 0 Å². The Morgan fingerprint density at radius 3 is 2.31 bits per heavy atom. The van der Waals surface area contributed by atoms with Gasteiger partial charge in [-0.25, -0.2) is 0 Å². The topological polar surface area (TPSA) is 72.0 Å². The number of rotatable bonds is 6. The molecule has 0 aliphatic rings. The van der Waals surface area contributed by atoms with Gasteiger partial charge in [-0.05, 0) is 63.1 Å². The Bertz CT molecular complexity index is 870. The molecule has 3 aromatic rings. The minimum atomic E-state index is 0.432. The molecule has 1 aromatic heterocycles. The van der Waals surface area contributed by atoms with Gasteiger partial charge in [0.15, 0.2) is 5.82 Å². The van der Waals surface area contributed by atoms with Gasteiger partial charge in [-0.2, -0.15) is 10.1 Å². The normalized spacial score (nSPS) is 10.5. The minimum Gasteiger partial charge on any atom is -0.494 e. The first-order chi connectivity index (χ1) is 12.5. The minimum absolute atomic E-state index is 0.432. The summed E-state index contributed by atoms with van der Waals surface area (Å²) in [6.07, 6.45) is 1.61.